The normalized spacial score (nSPS) is 19.6. The van der Waals surface area contributed by atoms with Gasteiger partial charge in [0.25, 0.3) is 0 Å². The number of sulfone groups is 1. The van der Waals surface area contributed by atoms with Crippen molar-refractivity contribution < 1.29 is 17.9 Å². The summed E-state index contributed by atoms with van der Waals surface area (Å²) in [6.45, 7) is 4.61. The summed E-state index contributed by atoms with van der Waals surface area (Å²) in [4.78, 5) is 2.66. The van der Waals surface area contributed by atoms with Crippen molar-refractivity contribution in [1.29, 1.82) is 0 Å². The van der Waals surface area contributed by atoms with Gasteiger partial charge in [0.2, 0.25) is 6.79 Å². The van der Waals surface area contributed by atoms with E-state index in [9.17, 15) is 8.42 Å². The largest absolute Gasteiger partial charge is 0.454 e. The molecule has 0 amide bonds. The standard InChI is InChI=1S/C20H23NO4S/c1-13(2)26(22,23)16-6-4-14(5-7-16)20-17-11-19-18(24-12-25-19)10-15(17)8-9-21(20)3/h4-7,10-11,13,20H,8-9,12H2,1-3H3. The van der Waals surface area contributed by atoms with E-state index in [0.717, 1.165) is 30.0 Å². The number of ether oxygens (including phenoxy) is 2. The zero-order chi connectivity index (χ0) is 18.5. The Kier molecular flexibility index (Phi) is 4.20. The van der Waals surface area contributed by atoms with Crippen molar-refractivity contribution in [3.05, 3.63) is 53.1 Å². The molecule has 0 spiro atoms. The summed E-state index contributed by atoms with van der Waals surface area (Å²) >= 11 is 0. The van der Waals surface area contributed by atoms with Gasteiger partial charge in [0.05, 0.1) is 16.2 Å². The molecule has 2 aliphatic rings. The second kappa shape index (κ2) is 6.28. The number of fused-ring (bicyclic) bond motifs is 2. The van der Waals surface area contributed by atoms with Crippen LogP contribution in [-0.2, 0) is 16.3 Å². The summed E-state index contributed by atoms with van der Waals surface area (Å²) in [5.41, 5.74) is 3.54. The summed E-state index contributed by atoms with van der Waals surface area (Å²) in [5.74, 6) is 1.59. The molecular formula is C20H23NO4S. The zero-order valence-corrected chi connectivity index (χ0v) is 16.0. The van der Waals surface area contributed by atoms with Gasteiger partial charge in [-0.1, -0.05) is 12.1 Å². The Morgan fingerprint density at radius 2 is 1.73 bits per heavy atom. The highest BCUT2D eigenvalue weighted by atomic mass is 32.2. The first-order valence-electron chi connectivity index (χ1n) is 8.84. The maximum Gasteiger partial charge on any atom is 0.231 e. The van der Waals surface area contributed by atoms with E-state index in [1.54, 1.807) is 26.0 Å². The SMILES string of the molecule is CC(C)S(=O)(=O)c1ccc(C2c3cc4c(cc3CCN2C)OCO4)cc1. The van der Waals surface area contributed by atoms with Crippen molar-refractivity contribution in [2.24, 2.45) is 0 Å². The van der Waals surface area contributed by atoms with Crippen LogP contribution in [0.5, 0.6) is 11.5 Å². The summed E-state index contributed by atoms with van der Waals surface area (Å²) in [5, 5.41) is -0.425. The third kappa shape index (κ3) is 2.77. The molecule has 26 heavy (non-hydrogen) atoms. The lowest BCUT2D eigenvalue weighted by Crippen LogP contribution is -2.32. The van der Waals surface area contributed by atoms with Crippen molar-refractivity contribution in [3.63, 3.8) is 0 Å². The molecule has 0 aliphatic carbocycles. The molecule has 2 aromatic rings. The maximum atomic E-state index is 12.4. The quantitative estimate of drug-likeness (QED) is 0.827. The first-order valence-corrected chi connectivity index (χ1v) is 10.4. The average molecular weight is 373 g/mol. The molecule has 6 heteroatoms. The average Bonchev–Trinajstić information content (AvgIpc) is 3.07. The Hall–Kier alpha value is -2.05. The molecule has 0 radical (unpaired) electrons. The van der Waals surface area contributed by atoms with Gasteiger partial charge in [0.15, 0.2) is 21.3 Å². The second-order valence-electron chi connectivity index (χ2n) is 7.20. The predicted molar refractivity (Wildman–Crippen MR) is 99.5 cm³/mol. The Bertz CT molecular complexity index is 935. The monoisotopic (exact) mass is 373 g/mol. The van der Waals surface area contributed by atoms with Gasteiger partial charge < -0.3 is 9.47 Å². The molecule has 2 aliphatic heterocycles. The van der Waals surface area contributed by atoms with Crippen molar-refractivity contribution in [2.45, 2.75) is 36.5 Å². The molecule has 0 saturated carbocycles. The summed E-state index contributed by atoms with van der Waals surface area (Å²) in [6, 6.07) is 11.5. The van der Waals surface area contributed by atoms with E-state index in [4.69, 9.17) is 9.47 Å². The van der Waals surface area contributed by atoms with Gasteiger partial charge in [0.1, 0.15) is 0 Å². The lowest BCUT2D eigenvalue weighted by molar-refractivity contribution is 0.174. The predicted octanol–water partition coefficient (Wildman–Crippen LogP) is 3.17. The van der Waals surface area contributed by atoms with Crippen LogP contribution in [0.2, 0.25) is 0 Å². The first-order chi connectivity index (χ1) is 12.4. The van der Waals surface area contributed by atoms with E-state index in [1.807, 2.05) is 12.1 Å². The number of benzene rings is 2. The fourth-order valence-corrected chi connectivity index (χ4v) is 4.74. The van der Waals surface area contributed by atoms with Crippen LogP contribution < -0.4 is 9.47 Å². The molecule has 0 saturated heterocycles. The van der Waals surface area contributed by atoms with E-state index < -0.39 is 15.1 Å². The van der Waals surface area contributed by atoms with Gasteiger partial charge in [-0.15, -0.1) is 0 Å². The van der Waals surface area contributed by atoms with Crippen LogP contribution >= 0.6 is 0 Å². The molecule has 2 aromatic carbocycles. The number of rotatable bonds is 3. The van der Waals surface area contributed by atoms with Crippen molar-refractivity contribution >= 4 is 9.84 Å². The van der Waals surface area contributed by atoms with E-state index in [0.29, 0.717) is 4.90 Å². The zero-order valence-electron chi connectivity index (χ0n) is 15.2. The molecule has 138 valence electrons. The minimum atomic E-state index is -3.26. The van der Waals surface area contributed by atoms with Crippen molar-refractivity contribution in [1.82, 2.24) is 4.90 Å². The summed E-state index contributed by atoms with van der Waals surface area (Å²) < 4.78 is 35.8. The fourth-order valence-electron chi connectivity index (χ4n) is 3.68. The third-order valence-corrected chi connectivity index (χ3v) is 7.42. The fraction of sp³-hybridized carbons (Fsp3) is 0.400. The van der Waals surface area contributed by atoms with Crippen LogP contribution in [0.3, 0.4) is 0 Å². The minimum Gasteiger partial charge on any atom is -0.454 e. The molecule has 1 atom stereocenters. The van der Waals surface area contributed by atoms with Gasteiger partial charge in [0, 0.05) is 6.54 Å². The van der Waals surface area contributed by atoms with Crippen LogP contribution in [0.15, 0.2) is 41.3 Å². The Morgan fingerprint density at radius 1 is 1.08 bits per heavy atom. The molecule has 1 unspecified atom stereocenters. The van der Waals surface area contributed by atoms with Gasteiger partial charge in [-0.2, -0.15) is 0 Å². The lowest BCUT2D eigenvalue weighted by Gasteiger charge is -2.35. The molecule has 0 N–H and O–H groups in total. The maximum absolute atomic E-state index is 12.4. The molecule has 5 nitrogen and oxygen atoms in total. The molecule has 0 fully saturated rings. The van der Waals surface area contributed by atoms with Crippen molar-refractivity contribution in [3.8, 4) is 11.5 Å². The minimum absolute atomic E-state index is 0.0732. The highest BCUT2D eigenvalue weighted by Gasteiger charge is 2.30. The Labute approximate surface area is 154 Å². The van der Waals surface area contributed by atoms with E-state index in [1.165, 1.54) is 11.1 Å². The molecule has 4 rings (SSSR count). The summed E-state index contributed by atoms with van der Waals surface area (Å²) in [6.07, 6.45) is 0.957. The van der Waals surface area contributed by atoms with Gasteiger partial charge >= 0.3 is 0 Å². The molecule has 0 aromatic heterocycles. The lowest BCUT2D eigenvalue weighted by atomic mass is 9.88. The van der Waals surface area contributed by atoms with Crippen molar-refractivity contribution in [2.75, 3.05) is 20.4 Å². The number of nitrogens with zero attached hydrogens (tertiary/aromatic N) is 1. The Balaban J connectivity index is 1.74. The van der Waals surface area contributed by atoms with Crippen LogP contribution in [-0.4, -0.2) is 39.0 Å². The summed E-state index contributed by atoms with van der Waals surface area (Å²) in [7, 11) is -1.16. The van der Waals surface area contributed by atoms with Gasteiger partial charge in [-0.05, 0) is 68.3 Å². The molecular weight excluding hydrogens is 350 g/mol. The van der Waals surface area contributed by atoms with E-state index in [2.05, 4.69) is 24.1 Å². The van der Waals surface area contributed by atoms with E-state index in [-0.39, 0.29) is 12.8 Å². The number of hydrogen-bond donors (Lipinski definition) is 0. The van der Waals surface area contributed by atoms with E-state index >= 15 is 0 Å². The third-order valence-electron chi connectivity index (χ3n) is 5.25. The smallest absolute Gasteiger partial charge is 0.231 e. The van der Waals surface area contributed by atoms with Crippen LogP contribution in [0.4, 0.5) is 0 Å². The highest BCUT2D eigenvalue weighted by Crippen LogP contribution is 2.42. The van der Waals surface area contributed by atoms with Gasteiger partial charge in [-0.3, -0.25) is 4.90 Å². The second-order valence-corrected chi connectivity index (χ2v) is 9.70. The first kappa shape index (κ1) is 17.4. The number of hydrogen-bond acceptors (Lipinski definition) is 5. The van der Waals surface area contributed by atoms with Crippen LogP contribution in [0, 0.1) is 0 Å². The number of likely N-dealkylation sites (N-methyl/N-ethyl adjacent to an activating group) is 1. The van der Waals surface area contributed by atoms with Crippen LogP contribution in [0.25, 0.3) is 0 Å². The van der Waals surface area contributed by atoms with Crippen LogP contribution in [0.1, 0.15) is 36.6 Å². The topological polar surface area (TPSA) is 55.8 Å². The van der Waals surface area contributed by atoms with Gasteiger partial charge in [-0.25, -0.2) is 8.42 Å². The molecule has 0 bridgehead atoms. The highest BCUT2D eigenvalue weighted by molar-refractivity contribution is 7.92. The Morgan fingerprint density at radius 3 is 2.38 bits per heavy atom. The molecule has 2 heterocycles.